The van der Waals surface area contributed by atoms with E-state index >= 15 is 0 Å². The lowest BCUT2D eigenvalue weighted by atomic mass is 10.2. The van der Waals surface area contributed by atoms with Gasteiger partial charge in [-0.2, -0.15) is 13.2 Å². The Morgan fingerprint density at radius 2 is 1.76 bits per heavy atom. The molecule has 4 rings (SSSR count). The maximum Gasteiger partial charge on any atom is 0.420 e. The number of nitrogens with zero attached hydrogens (tertiary/aromatic N) is 6. The molecule has 146 valence electrons. The number of carbonyl (C=O) groups is 1. The average Bonchev–Trinajstić information content (AvgIpc) is 3.07. The maximum atomic E-state index is 13.3. The second-order valence-corrected chi connectivity index (χ2v) is 5.99. The molecule has 1 amide bonds. The molecule has 1 N–H and O–H groups in total. The number of aromatic nitrogens is 6. The van der Waals surface area contributed by atoms with Crippen LogP contribution in [0.5, 0.6) is 0 Å². The van der Waals surface area contributed by atoms with Crippen LogP contribution in [0.2, 0.25) is 0 Å². The molecule has 0 aromatic carbocycles. The third-order valence-corrected chi connectivity index (χ3v) is 4.08. The molecule has 0 fully saturated rings. The van der Waals surface area contributed by atoms with Gasteiger partial charge in [-0.25, -0.2) is 19.9 Å². The van der Waals surface area contributed by atoms with Gasteiger partial charge in [-0.1, -0.05) is 0 Å². The lowest BCUT2D eigenvalue weighted by Gasteiger charge is -2.10. The normalized spacial score (nSPS) is 11.6. The molecule has 0 radical (unpaired) electrons. The molecule has 0 saturated carbocycles. The predicted octanol–water partition coefficient (Wildman–Crippen LogP) is 2.99. The van der Waals surface area contributed by atoms with Crippen molar-refractivity contribution in [2.75, 3.05) is 5.43 Å². The third kappa shape index (κ3) is 3.49. The first-order valence-electron chi connectivity index (χ1n) is 8.30. The van der Waals surface area contributed by atoms with Crippen LogP contribution in [-0.4, -0.2) is 35.5 Å². The topological polar surface area (TPSA) is 98.5 Å². The Hall–Kier alpha value is -3.89. The smallest absolute Gasteiger partial charge is 0.267 e. The van der Waals surface area contributed by atoms with Crippen molar-refractivity contribution >= 4 is 16.9 Å². The van der Waals surface area contributed by atoms with Crippen LogP contribution in [0.1, 0.15) is 21.6 Å². The molecule has 0 aliphatic heterocycles. The Kier molecular flexibility index (Phi) is 4.41. The van der Waals surface area contributed by atoms with Gasteiger partial charge in [0.15, 0.2) is 11.6 Å². The molecule has 8 nitrogen and oxygen atoms in total. The zero-order valence-corrected chi connectivity index (χ0v) is 14.8. The van der Waals surface area contributed by atoms with Gasteiger partial charge in [0.05, 0.1) is 16.8 Å². The molecule has 0 saturated heterocycles. The van der Waals surface area contributed by atoms with Crippen molar-refractivity contribution in [2.24, 2.45) is 0 Å². The van der Waals surface area contributed by atoms with E-state index in [1.54, 1.807) is 13.0 Å². The number of rotatable bonds is 3. The zero-order chi connectivity index (χ0) is 20.6. The van der Waals surface area contributed by atoms with Crippen LogP contribution >= 0.6 is 0 Å². The summed E-state index contributed by atoms with van der Waals surface area (Å²) in [5.74, 6) is -0.146. The summed E-state index contributed by atoms with van der Waals surface area (Å²) >= 11 is 0. The Morgan fingerprint density at radius 1 is 1.03 bits per heavy atom. The van der Waals surface area contributed by atoms with Gasteiger partial charge in [0.2, 0.25) is 0 Å². The van der Waals surface area contributed by atoms with E-state index in [1.807, 2.05) is 0 Å². The molecular formula is C18H12F3N7O. The van der Waals surface area contributed by atoms with Crippen molar-refractivity contribution in [3.8, 4) is 11.6 Å². The number of hydrogen-bond acceptors (Lipinski definition) is 6. The minimum absolute atomic E-state index is 0.101. The van der Waals surface area contributed by atoms with Gasteiger partial charge in [0.25, 0.3) is 5.91 Å². The lowest BCUT2D eigenvalue weighted by molar-refractivity contribution is -0.136. The van der Waals surface area contributed by atoms with E-state index < -0.39 is 17.6 Å². The fraction of sp³-hybridized carbons (Fsp3) is 0.111. The summed E-state index contributed by atoms with van der Waals surface area (Å²) in [5, 5.41) is 0. The van der Waals surface area contributed by atoms with Crippen molar-refractivity contribution in [1.82, 2.24) is 29.6 Å². The van der Waals surface area contributed by atoms with E-state index in [-0.39, 0.29) is 22.4 Å². The number of fused-ring (bicyclic) bond motifs is 1. The quantitative estimate of drug-likeness (QED) is 0.569. The highest BCUT2D eigenvalue weighted by Gasteiger charge is 2.35. The first-order valence-corrected chi connectivity index (χ1v) is 8.30. The largest absolute Gasteiger partial charge is 0.420 e. The van der Waals surface area contributed by atoms with Crippen molar-refractivity contribution in [1.29, 1.82) is 0 Å². The van der Waals surface area contributed by atoms with E-state index in [9.17, 15) is 18.0 Å². The number of alkyl halides is 3. The van der Waals surface area contributed by atoms with Gasteiger partial charge in [-0.3, -0.25) is 19.9 Å². The molecule has 4 heterocycles. The van der Waals surface area contributed by atoms with E-state index in [0.29, 0.717) is 11.5 Å². The van der Waals surface area contributed by atoms with Crippen molar-refractivity contribution < 1.29 is 18.0 Å². The zero-order valence-electron chi connectivity index (χ0n) is 14.8. The predicted molar refractivity (Wildman–Crippen MR) is 96.2 cm³/mol. The number of aryl methyl sites for hydroxylation is 1. The highest BCUT2D eigenvalue weighted by Crippen LogP contribution is 2.34. The molecule has 29 heavy (non-hydrogen) atoms. The molecule has 0 aliphatic rings. The van der Waals surface area contributed by atoms with Crippen LogP contribution in [-0.2, 0) is 6.18 Å². The van der Waals surface area contributed by atoms with Crippen LogP contribution < -0.4 is 5.43 Å². The standard InChI is InChI=1S/C18H12F3N7O/c1-10-11(8-25-16(26-10)15-23-6-3-7-24-15)17(29)27-28-9-12(18(19,20)21)14-13(28)4-2-5-22-14/h2-9H,1H3,(H,27,29). The number of carbonyl (C=O) groups excluding carboxylic acids is 1. The number of nitrogens with one attached hydrogen (secondary N) is 1. The fourth-order valence-corrected chi connectivity index (χ4v) is 2.74. The monoisotopic (exact) mass is 399 g/mol. The Morgan fingerprint density at radius 3 is 2.45 bits per heavy atom. The molecule has 0 aliphatic carbocycles. The molecule has 4 aromatic heterocycles. The first-order chi connectivity index (χ1) is 13.8. The Labute approximate surface area is 161 Å². The van der Waals surface area contributed by atoms with E-state index in [4.69, 9.17) is 0 Å². The number of halogens is 3. The summed E-state index contributed by atoms with van der Waals surface area (Å²) < 4.78 is 40.8. The van der Waals surface area contributed by atoms with E-state index in [2.05, 4.69) is 30.3 Å². The minimum Gasteiger partial charge on any atom is -0.267 e. The van der Waals surface area contributed by atoms with Gasteiger partial charge >= 0.3 is 6.18 Å². The third-order valence-electron chi connectivity index (χ3n) is 4.08. The van der Waals surface area contributed by atoms with Crippen LogP contribution in [0.15, 0.2) is 49.2 Å². The summed E-state index contributed by atoms with van der Waals surface area (Å²) in [4.78, 5) is 32.8. The van der Waals surface area contributed by atoms with Crippen LogP contribution in [0.3, 0.4) is 0 Å². The summed E-state index contributed by atoms with van der Waals surface area (Å²) in [5.41, 5.74) is 1.75. The number of pyridine rings is 1. The molecular weight excluding hydrogens is 387 g/mol. The van der Waals surface area contributed by atoms with Crippen LogP contribution in [0.4, 0.5) is 13.2 Å². The van der Waals surface area contributed by atoms with Gasteiger partial charge in [0, 0.05) is 31.0 Å². The second kappa shape index (κ2) is 6.93. The maximum absolute atomic E-state index is 13.3. The molecule has 0 unspecified atom stereocenters. The summed E-state index contributed by atoms with van der Waals surface area (Å²) in [6.45, 7) is 1.58. The van der Waals surface area contributed by atoms with Gasteiger partial charge < -0.3 is 0 Å². The minimum atomic E-state index is -4.61. The average molecular weight is 399 g/mol. The van der Waals surface area contributed by atoms with E-state index in [1.165, 1.54) is 36.9 Å². The fourth-order valence-electron chi connectivity index (χ4n) is 2.74. The summed E-state index contributed by atoms with van der Waals surface area (Å²) in [6, 6.07) is 4.55. The van der Waals surface area contributed by atoms with Crippen LogP contribution in [0, 0.1) is 6.92 Å². The SMILES string of the molecule is Cc1nc(-c2ncccn2)ncc1C(=O)Nn1cc(C(F)(F)F)c2ncccc21. The first kappa shape index (κ1) is 18.5. The van der Waals surface area contributed by atoms with Crippen molar-refractivity contribution in [3.05, 3.63) is 66.0 Å². The van der Waals surface area contributed by atoms with Crippen molar-refractivity contribution in [2.45, 2.75) is 13.1 Å². The van der Waals surface area contributed by atoms with Crippen LogP contribution in [0.25, 0.3) is 22.7 Å². The van der Waals surface area contributed by atoms with Gasteiger partial charge in [-0.05, 0) is 25.1 Å². The molecule has 0 bridgehead atoms. The summed E-state index contributed by atoms with van der Waals surface area (Å²) in [6.07, 6.45) is 1.77. The summed E-state index contributed by atoms with van der Waals surface area (Å²) in [7, 11) is 0. The number of hydrogen-bond donors (Lipinski definition) is 1. The molecule has 0 atom stereocenters. The highest BCUT2D eigenvalue weighted by atomic mass is 19.4. The number of amides is 1. The van der Waals surface area contributed by atoms with Gasteiger partial charge in [-0.15, -0.1) is 0 Å². The molecule has 4 aromatic rings. The lowest BCUT2D eigenvalue weighted by Crippen LogP contribution is -2.23. The molecule has 0 spiro atoms. The second-order valence-electron chi connectivity index (χ2n) is 5.99. The van der Waals surface area contributed by atoms with E-state index in [0.717, 1.165) is 10.9 Å². The Balaban J connectivity index is 1.67. The Bertz CT molecular complexity index is 1210. The highest BCUT2D eigenvalue weighted by molar-refractivity contribution is 6.01. The van der Waals surface area contributed by atoms with Crippen molar-refractivity contribution in [3.63, 3.8) is 0 Å². The molecule has 11 heteroatoms. The van der Waals surface area contributed by atoms with Gasteiger partial charge in [0.1, 0.15) is 11.1 Å².